The number of amides is 2. The van der Waals surface area contributed by atoms with Crippen molar-refractivity contribution in [2.45, 2.75) is 25.0 Å². The zero-order valence-corrected chi connectivity index (χ0v) is 19.2. The summed E-state index contributed by atoms with van der Waals surface area (Å²) in [6.45, 7) is 0.472. The number of nitrogens with zero attached hydrogens (tertiary/aromatic N) is 2. The zero-order chi connectivity index (χ0) is 22.0. The van der Waals surface area contributed by atoms with Crippen molar-refractivity contribution < 1.29 is 40.6 Å². The predicted molar refractivity (Wildman–Crippen MR) is 110 cm³/mol. The monoisotopic (exact) mass is 557 g/mol. The molecule has 1 fully saturated rings. The summed E-state index contributed by atoms with van der Waals surface area (Å²) in [6, 6.07) is 8.37. The fourth-order valence-corrected chi connectivity index (χ4v) is 6.15. The topological polar surface area (TPSA) is 98.3 Å². The van der Waals surface area contributed by atoms with Gasteiger partial charge in [-0.05, 0) is 0 Å². The van der Waals surface area contributed by atoms with Gasteiger partial charge in [-0.1, -0.05) is 0 Å². The molecule has 2 amide bonds. The van der Waals surface area contributed by atoms with E-state index in [9.17, 15) is 19.1 Å². The van der Waals surface area contributed by atoms with Crippen LogP contribution in [0.25, 0.3) is 10.9 Å². The Bertz CT molecular complexity index is 1100. The quantitative estimate of drug-likeness (QED) is 0.167. The number of aromatic nitrogens is 2. The van der Waals surface area contributed by atoms with Crippen molar-refractivity contribution >= 4 is 34.3 Å². The maximum atomic E-state index is 13.3. The summed E-state index contributed by atoms with van der Waals surface area (Å²) >= 11 is 5.26. The van der Waals surface area contributed by atoms with Gasteiger partial charge in [-0.2, -0.15) is 0 Å². The third kappa shape index (κ3) is 5.34. The van der Waals surface area contributed by atoms with Gasteiger partial charge in [0, 0.05) is 0 Å². The Hall–Kier alpha value is -2.24. The van der Waals surface area contributed by atoms with Crippen LogP contribution in [0.2, 0.25) is 5.15 Å². The van der Waals surface area contributed by atoms with Crippen molar-refractivity contribution in [2.24, 2.45) is 0 Å². The van der Waals surface area contributed by atoms with Gasteiger partial charge in [-0.15, -0.1) is 0 Å². The van der Waals surface area contributed by atoms with E-state index in [1.165, 1.54) is 12.1 Å². The molecule has 3 aromatic rings. The summed E-state index contributed by atoms with van der Waals surface area (Å²) in [4.78, 5) is 33.1. The molecule has 0 spiro atoms. The molecule has 0 radical (unpaired) electrons. The Morgan fingerprint density at radius 3 is 2.84 bits per heavy atom. The molecule has 0 aliphatic carbocycles. The second-order valence-corrected chi connectivity index (χ2v) is 10.4. The van der Waals surface area contributed by atoms with Crippen molar-refractivity contribution in [1.82, 2.24) is 18.4 Å². The zero-order valence-electron chi connectivity index (χ0n) is 16.3. The van der Waals surface area contributed by atoms with Crippen molar-refractivity contribution in [2.75, 3.05) is 11.0 Å². The molecule has 1 unspecified atom stereocenters. The summed E-state index contributed by atoms with van der Waals surface area (Å²) < 4.78 is 15.7. The third-order valence-electron chi connectivity index (χ3n) is 4.96. The molecule has 164 valence electrons. The van der Waals surface area contributed by atoms with Crippen LogP contribution in [0.15, 0.2) is 42.6 Å². The first kappa shape index (κ1) is 22.0. The molecule has 1 aliphatic rings. The van der Waals surface area contributed by atoms with E-state index >= 15 is 0 Å². The first-order valence-electron chi connectivity index (χ1n) is 9.67. The van der Waals surface area contributed by atoms with Gasteiger partial charge in [0.05, 0.1) is 0 Å². The molecule has 1 aliphatic heterocycles. The minimum atomic E-state index is -0.805. The average Bonchev–Trinajstić information content (AvgIpc) is 3.18. The van der Waals surface area contributed by atoms with Crippen LogP contribution in [-0.4, -0.2) is 53.1 Å². The number of hydrogen-bond donors (Lipinski definition) is 3. The number of hydrogen-bond acceptors (Lipinski definition) is 4. The number of aliphatic hydroxyl groups is 1. The molecule has 0 bridgehead atoms. The van der Waals surface area contributed by atoms with Crippen LogP contribution in [0, 0.1) is 5.82 Å². The van der Waals surface area contributed by atoms with E-state index in [1.54, 1.807) is 33.6 Å². The van der Waals surface area contributed by atoms with Gasteiger partial charge in [0.2, 0.25) is 0 Å². The van der Waals surface area contributed by atoms with Crippen molar-refractivity contribution in [3.05, 3.63) is 64.8 Å². The Labute approximate surface area is 193 Å². The number of nitrogens with one attached hydrogen (secondary N) is 2. The standard InChI is InChI=1S/C21H20ClFIN4O3/c22-19-9-13-8-16(26-18(13)11-25-19)20(30)27-17(7-12-1-3-14(23)4-2-12)21(31)28-6-5-15(29)10-24-28/h1-4,8-9,11,15,17,26,29H,5-7,10H2,(H,27,30)/q-1/t15?,17-/m0/s1. The van der Waals surface area contributed by atoms with Crippen LogP contribution in [0.5, 0.6) is 0 Å². The number of halogens is 3. The Balaban J connectivity index is 1.55. The number of carbonyl (C=O) groups excluding carboxylic acids is 2. The van der Waals surface area contributed by atoms with Gasteiger partial charge >= 0.3 is 194 Å². The van der Waals surface area contributed by atoms with E-state index < -0.39 is 33.4 Å². The normalized spacial score (nSPS) is 17.8. The van der Waals surface area contributed by atoms with Gasteiger partial charge in [0.25, 0.3) is 0 Å². The minimum absolute atomic E-state index is 0.182. The molecule has 1 saturated heterocycles. The molecule has 3 heterocycles. The van der Waals surface area contributed by atoms with Crippen LogP contribution in [0.1, 0.15) is 22.5 Å². The number of benzene rings is 1. The van der Waals surface area contributed by atoms with Gasteiger partial charge in [0.15, 0.2) is 0 Å². The number of alkyl halides is 1. The van der Waals surface area contributed by atoms with Gasteiger partial charge in [-0.3, -0.25) is 0 Å². The van der Waals surface area contributed by atoms with E-state index in [0.29, 0.717) is 33.8 Å². The second kappa shape index (κ2) is 9.49. The number of pyridine rings is 1. The van der Waals surface area contributed by atoms with Crippen LogP contribution in [0.4, 0.5) is 4.39 Å². The number of rotatable bonds is 5. The van der Waals surface area contributed by atoms with Gasteiger partial charge in [0.1, 0.15) is 0 Å². The number of aromatic amines is 1. The molecule has 31 heavy (non-hydrogen) atoms. The molecule has 1 aromatic carbocycles. The van der Waals surface area contributed by atoms with E-state index in [2.05, 4.69) is 15.3 Å². The molecule has 0 saturated carbocycles. The number of H-pyrrole nitrogens is 1. The fourth-order valence-electron chi connectivity index (χ4n) is 3.32. The summed E-state index contributed by atoms with van der Waals surface area (Å²) in [5.41, 5.74) is 1.69. The molecular weight excluding hydrogens is 538 g/mol. The van der Waals surface area contributed by atoms with Crippen molar-refractivity contribution in [1.29, 1.82) is 0 Å². The van der Waals surface area contributed by atoms with Crippen LogP contribution in [0.3, 0.4) is 0 Å². The van der Waals surface area contributed by atoms with Crippen molar-refractivity contribution in [3.8, 4) is 0 Å². The summed E-state index contributed by atoms with van der Waals surface area (Å²) in [5, 5.41) is 13.6. The Morgan fingerprint density at radius 2 is 2.13 bits per heavy atom. The molecule has 2 aromatic heterocycles. The predicted octanol–water partition coefficient (Wildman–Crippen LogP) is -0.706. The van der Waals surface area contributed by atoms with E-state index in [0.717, 1.165) is 10.9 Å². The van der Waals surface area contributed by atoms with Crippen LogP contribution in [-0.2, 0) is 11.2 Å². The number of carbonyl (C=O) groups is 2. The van der Waals surface area contributed by atoms with Crippen LogP contribution >= 0.6 is 11.6 Å². The molecule has 2 atom stereocenters. The Kier molecular flexibility index (Phi) is 6.73. The maximum absolute atomic E-state index is 13.3. The van der Waals surface area contributed by atoms with E-state index in [-0.39, 0.29) is 24.2 Å². The SMILES string of the molecule is O=C(N[C@@H](Cc1ccc(F)cc1)C(=O)N1CCC(O)C[I-]1)c1cc2cc(Cl)ncc2[nH]1. The molecule has 10 heteroatoms. The average molecular weight is 558 g/mol. The van der Waals surface area contributed by atoms with E-state index in [1.807, 2.05) is 0 Å². The fraction of sp³-hybridized carbons (Fsp3) is 0.286. The molecular formula is C21H20ClFIN4O3-. The van der Waals surface area contributed by atoms with Crippen LogP contribution < -0.4 is 26.8 Å². The molecule has 7 nitrogen and oxygen atoms in total. The molecule has 4 rings (SSSR count). The summed E-state index contributed by atoms with van der Waals surface area (Å²) in [5.74, 6) is -0.974. The molecule has 3 N–H and O–H groups in total. The third-order valence-corrected chi connectivity index (χ3v) is 8.36. The van der Waals surface area contributed by atoms with Gasteiger partial charge in [-0.25, -0.2) is 0 Å². The first-order valence-corrected chi connectivity index (χ1v) is 12.5. The Morgan fingerprint density at radius 1 is 1.35 bits per heavy atom. The van der Waals surface area contributed by atoms with E-state index in [4.69, 9.17) is 11.6 Å². The first-order chi connectivity index (χ1) is 14.9. The summed E-state index contributed by atoms with van der Waals surface area (Å²) in [6.07, 6.45) is 1.94. The summed E-state index contributed by atoms with van der Waals surface area (Å²) in [7, 11) is 0. The number of fused-ring (bicyclic) bond motifs is 1. The number of aliphatic hydroxyl groups excluding tert-OH is 1. The van der Waals surface area contributed by atoms with Gasteiger partial charge < -0.3 is 0 Å². The second-order valence-electron chi connectivity index (χ2n) is 7.27. The van der Waals surface area contributed by atoms with Crippen molar-refractivity contribution in [3.63, 3.8) is 0 Å².